The minimum atomic E-state index is -4.37. The molecule has 0 atom stereocenters. The maximum absolute atomic E-state index is 12.1. The number of carbonyl (C=O) groups excluding carboxylic acids is 1. The van der Waals surface area contributed by atoms with Crippen molar-refractivity contribution in [2.75, 3.05) is 30.3 Å². The Hall–Kier alpha value is -1.37. The van der Waals surface area contributed by atoms with Crippen molar-refractivity contribution in [1.82, 2.24) is 5.32 Å². The second-order valence-electron chi connectivity index (χ2n) is 4.48. The molecule has 110 valence electrons. The summed E-state index contributed by atoms with van der Waals surface area (Å²) in [6.45, 7) is -0.660. The molecule has 1 amide bonds. The van der Waals surface area contributed by atoms with E-state index >= 15 is 0 Å². The van der Waals surface area contributed by atoms with Gasteiger partial charge >= 0.3 is 6.18 Å². The zero-order valence-corrected chi connectivity index (χ0v) is 11.6. The van der Waals surface area contributed by atoms with Gasteiger partial charge in [0.2, 0.25) is 5.91 Å². The van der Waals surface area contributed by atoms with E-state index in [-0.39, 0.29) is 6.54 Å². The van der Waals surface area contributed by atoms with Crippen LogP contribution in [0.3, 0.4) is 0 Å². The number of nitrogens with zero attached hydrogens (tertiary/aromatic N) is 1. The number of anilines is 1. The van der Waals surface area contributed by atoms with Crippen LogP contribution < -0.4 is 10.2 Å². The molecular formula is C13H15F3N2OS. The number of thioether (sulfide) groups is 1. The van der Waals surface area contributed by atoms with Crippen LogP contribution in [0.2, 0.25) is 0 Å². The van der Waals surface area contributed by atoms with Crippen LogP contribution in [0.1, 0.15) is 6.42 Å². The van der Waals surface area contributed by atoms with E-state index in [2.05, 4.69) is 0 Å². The molecule has 0 fully saturated rings. The fourth-order valence-corrected chi connectivity index (χ4v) is 3.00. The lowest BCUT2D eigenvalue weighted by atomic mass is 10.2. The first-order valence-electron chi connectivity index (χ1n) is 6.26. The molecule has 1 N–H and O–H groups in total. The Kier molecular flexibility index (Phi) is 4.80. The van der Waals surface area contributed by atoms with Gasteiger partial charge in [0.25, 0.3) is 0 Å². The van der Waals surface area contributed by atoms with Crippen LogP contribution in [0.4, 0.5) is 18.9 Å². The molecular weight excluding hydrogens is 289 g/mol. The molecule has 0 radical (unpaired) electrons. The first kappa shape index (κ1) is 15.0. The second-order valence-corrected chi connectivity index (χ2v) is 5.62. The molecule has 0 unspecified atom stereocenters. The number of amides is 1. The van der Waals surface area contributed by atoms with Crippen LogP contribution in [-0.4, -0.2) is 37.5 Å². The van der Waals surface area contributed by atoms with Gasteiger partial charge in [-0.25, -0.2) is 0 Å². The number of para-hydroxylation sites is 1. The molecule has 7 heteroatoms. The van der Waals surface area contributed by atoms with Crippen LogP contribution in [0.25, 0.3) is 0 Å². The van der Waals surface area contributed by atoms with Crippen molar-refractivity contribution in [3.63, 3.8) is 0 Å². The predicted molar refractivity (Wildman–Crippen MR) is 73.1 cm³/mol. The van der Waals surface area contributed by atoms with Gasteiger partial charge in [0.05, 0.1) is 12.2 Å². The zero-order chi connectivity index (χ0) is 14.6. The summed E-state index contributed by atoms with van der Waals surface area (Å²) in [6.07, 6.45) is -3.48. The SMILES string of the molecule is O=C(CN1CCCSc2ccccc21)NCC(F)(F)F. The van der Waals surface area contributed by atoms with E-state index in [4.69, 9.17) is 0 Å². The number of fused-ring (bicyclic) bond motifs is 1. The molecule has 1 aliphatic heterocycles. The highest BCUT2D eigenvalue weighted by Gasteiger charge is 2.28. The fraction of sp³-hybridized carbons (Fsp3) is 0.462. The quantitative estimate of drug-likeness (QED) is 0.932. The monoisotopic (exact) mass is 304 g/mol. The van der Waals surface area contributed by atoms with E-state index in [0.29, 0.717) is 6.54 Å². The smallest absolute Gasteiger partial charge is 0.361 e. The van der Waals surface area contributed by atoms with E-state index in [1.807, 2.05) is 34.5 Å². The van der Waals surface area contributed by atoms with Gasteiger partial charge in [-0.1, -0.05) is 12.1 Å². The Morgan fingerprint density at radius 3 is 2.85 bits per heavy atom. The first-order chi connectivity index (χ1) is 9.46. The topological polar surface area (TPSA) is 32.3 Å². The molecule has 2 rings (SSSR count). The van der Waals surface area contributed by atoms with Gasteiger partial charge in [0, 0.05) is 11.4 Å². The summed E-state index contributed by atoms with van der Waals surface area (Å²) in [7, 11) is 0. The van der Waals surface area contributed by atoms with Crippen molar-refractivity contribution < 1.29 is 18.0 Å². The van der Waals surface area contributed by atoms with Crippen molar-refractivity contribution in [1.29, 1.82) is 0 Å². The van der Waals surface area contributed by atoms with Crippen molar-refractivity contribution in [2.24, 2.45) is 0 Å². The second kappa shape index (κ2) is 6.39. The van der Waals surface area contributed by atoms with Gasteiger partial charge < -0.3 is 10.2 Å². The van der Waals surface area contributed by atoms with Crippen LogP contribution >= 0.6 is 11.8 Å². The summed E-state index contributed by atoms with van der Waals surface area (Å²) in [5, 5.41) is 1.91. The highest BCUT2D eigenvalue weighted by molar-refractivity contribution is 7.99. The average molecular weight is 304 g/mol. The molecule has 1 aliphatic rings. The molecule has 1 aromatic rings. The minimum Gasteiger partial charge on any atom is -0.361 e. The van der Waals surface area contributed by atoms with E-state index in [1.165, 1.54) is 0 Å². The highest BCUT2D eigenvalue weighted by atomic mass is 32.2. The number of benzene rings is 1. The average Bonchev–Trinajstić information content (AvgIpc) is 2.59. The fourth-order valence-electron chi connectivity index (χ4n) is 1.99. The number of halogens is 3. The van der Waals surface area contributed by atoms with E-state index in [0.717, 1.165) is 22.8 Å². The zero-order valence-electron chi connectivity index (χ0n) is 10.7. The molecule has 1 aromatic carbocycles. The molecule has 0 bridgehead atoms. The maximum atomic E-state index is 12.1. The van der Waals surface area contributed by atoms with Gasteiger partial charge in [-0.05, 0) is 24.3 Å². The lowest BCUT2D eigenvalue weighted by Crippen LogP contribution is -2.41. The van der Waals surface area contributed by atoms with Crippen molar-refractivity contribution in [2.45, 2.75) is 17.5 Å². The van der Waals surface area contributed by atoms with Crippen LogP contribution in [-0.2, 0) is 4.79 Å². The molecule has 0 aromatic heterocycles. The lowest BCUT2D eigenvalue weighted by Gasteiger charge is -2.24. The summed E-state index contributed by atoms with van der Waals surface area (Å²) in [5.41, 5.74) is 0.914. The Bertz CT molecular complexity index is 479. The largest absolute Gasteiger partial charge is 0.405 e. The Morgan fingerprint density at radius 1 is 1.35 bits per heavy atom. The number of hydrogen-bond donors (Lipinski definition) is 1. The van der Waals surface area contributed by atoms with Crippen LogP contribution in [0.5, 0.6) is 0 Å². The van der Waals surface area contributed by atoms with Crippen molar-refractivity contribution in [3.8, 4) is 0 Å². The number of hydrogen-bond acceptors (Lipinski definition) is 3. The van der Waals surface area contributed by atoms with Gasteiger partial charge in [0.15, 0.2) is 0 Å². The van der Waals surface area contributed by atoms with Gasteiger partial charge in [-0.15, -0.1) is 11.8 Å². The number of carbonyl (C=O) groups is 1. The Morgan fingerprint density at radius 2 is 2.10 bits per heavy atom. The normalized spacial score (nSPS) is 15.4. The van der Waals surface area contributed by atoms with Crippen LogP contribution in [0.15, 0.2) is 29.2 Å². The third-order valence-corrected chi connectivity index (χ3v) is 4.01. The molecule has 1 heterocycles. The molecule has 0 spiro atoms. The predicted octanol–water partition coefficient (Wildman–Crippen LogP) is 2.67. The highest BCUT2D eigenvalue weighted by Crippen LogP contribution is 2.33. The number of nitrogens with one attached hydrogen (secondary N) is 1. The molecule has 3 nitrogen and oxygen atoms in total. The Balaban J connectivity index is 2.00. The van der Waals surface area contributed by atoms with Crippen molar-refractivity contribution >= 4 is 23.4 Å². The third-order valence-electron chi connectivity index (χ3n) is 2.86. The summed E-state index contributed by atoms with van der Waals surface area (Å²) in [6, 6.07) is 7.64. The molecule has 20 heavy (non-hydrogen) atoms. The van der Waals surface area contributed by atoms with Gasteiger partial charge in [-0.2, -0.15) is 13.2 Å². The van der Waals surface area contributed by atoms with Gasteiger partial charge in [-0.3, -0.25) is 4.79 Å². The van der Waals surface area contributed by atoms with E-state index in [9.17, 15) is 18.0 Å². The first-order valence-corrected chi connectivity index (χ1v) is 7.24. The van der Waals surface area contributed by atoms with Crippen molar-refractivity contribution in [3.05, 3.63) is 24.3 Å². The molecule has 0 saturated heterocycles. The van der Waals surface area contributed by atoms with E-state index in [1.54, 1.807) is 11.8 Å². The molecule has 0 saturated carbocycles. The third kappa shape index (κ3) is 4.33. The summed E-state index contributed by atoms with van der Waals surface area (Å²) in [5.74, 6) is 0.335. The van der Waals surface area contributed by atoms with Gasteiger partial charge in [0.1, 0.15) is 6.54 Å². The van der Waals surface area contributed by atoms with Crippen LogP contribution in [0, 0.1) is 0 Å². The lowest BCUT2D eigenvalue weighted by molar-refractivity contribution is -0.137. The Labute approximate surface area is 119 Å². The standard InChI is InChI=1S/C13H15F3N2OS/c14-13(15,16)9-17-12(19)8-18-6-3-7-20-11-5-2-1-4-10(11)18/h1-2,4-5H,3,6-9H2,(H,17,19). The van der Waals surface area contributed by atoms with E-state index < -0.39 is 18.6 Å². The maximum Gasteiger partial charge on any atom is 0.405 e. The summed E-state index contributed by atoms with van der Waals surface area (Å²) < 4.78 is 36.2. The number of alkyl halides is 3. The summed E-state index contributed by atoms with van der Waals surface area (Å²) in [4.78, 5) is 14.5. The minimum absolute atomic E-state index is 0.0480. The molecule has 0 aliphatic carbocycles. The number of rotatable bonds is 3. The summed E-state index contributed by atoms with van der Waals surface area (Å²) >= 11 is 1.70.